The van der Waals surface area contributed by atoms with E-state index in [0.29, 0.717) is 31.1 Å². The number of benzene rings is 1. The van der Waals surface area contributed by atoms with E-state index >= 15 is 0 Å². The van der Waals surface area contributed by atoms with Crippen LogP contribution in [0.5, 0.6) is 5.75 Å². The van der Waals surface area contributed by atoms with Crippen LogP contribution in [0.3, 0.4) is 0 Å². The molecule has 5 heteroatoms. The zero-order valence-corrected chi connectivity index (χ0v) is 11.5. The molecule has 1 amide bonds. The third-order valence-electron chi connectivity index (χ3n) is 3.15. The number of nitriles is 1. The number of rotatable bonds is 4. The van der Waals surface area contributed by atoms with E-state index in [1.54, 1.807) is 11.0 Å². The summed E-state index contributed by atoms with van der Waals surface area (Å²) in [6.07, 6.45) is 0.330. The fourth-order valence-electron chi connectivity index (χ4n) is 2.12. The number of ether oxygens (including phenoxy) is 1. The van der Waals surface area contributed by atoms with Gasteiger partial charge in [0.15, 0.2) is 0 Å². The molecule has 1 aromatic carbocycles. The number of hydrogen-bond acceptors (Lipinski definition) is 3. The summed E-state index contributed by atoms with van der Waals surface area (Å²) in [7, 11) is 0. The summed E-state index contributed by atoms with van der Waals surface area (Å²) in [5, 5.41) is 9.47. The number of likely N-dealkylation sites (tertiary alicyclic amines) is 1. The lowest BCUT2D eigenvalue weighted by atomic mass is 10.1. The van der Waals surface area contributed by atoms with Crippen LogP contribution in [0.25, 0.3) is 0 Å². The van der Waals surface area contributed by atoms with Crippen molar-refractivity contribution >= 4 is 17.5 Å². The van der Waals surface area contributed by atoms with Crippen LogP contribution in [-0.4, -0.2) is 30.5 Å². The van der Waals surface area contributed by atoms with Crippen molar-refractivity contribution in [2.45, 2.75) is 13.3 Å². The molecule has 1 aliphatic heterocycles. The number of hydrogen-bond donors (Lipinski definition) is 0. The summed E-state index contributed by atoms with van der Waals surface area (Å²) in [5.41, 5.74) is 0.968. The molecule has 0 spiro atoms. The second-order valence-corrected chi connectivity index (χ2v) is 5.06. The predicted molar refractivity (Wildman–Crippen MR) is 72.0 cm³/mol. The van der Waals surface area contributed by atoms with Gasteiger partial charge in [-0.15, -0.1) is 0 Å². The minimum atomic E-state index is -0.176. The molecule has 0 aliphatic carbocycles. The number of carbonyl (C=O) groups excluding carboxylic acids is 1. The largest absolute Gasteiger partial charge is 0.491 e. The number of nitrogens with zero attached hydrogens (tertiary/aromatic N) is 2. The molecule has 1 unspecified atom stereocenters. The fourth-order valence-corrected chi connectivity index (χ4v) is 2.34. The first-order valence-corrected chi connectivity index (χ1v) is 6.54. The van der Waals surface area contributed by atoms with Crippen molar-refractivity contribution < 1.29 is 9.53 Å². The van der Waals surface area contributed by atoms with Crippen molar-refractivity contribution in [2.75, 3.05) is 19.7 Å². The van der Waals surface area contributed by atoms with Gasteiger partial charge in [-0.05, 0) is 30.7 Å². The van der Waals surface area contributed by atoms with Crippen molar-refractivity contribution in [3.05, 3.63) is 28.8 Å². The summed E-state index contributed by atoms with van der Waals surface area (Å²) >= 11 is 5.87. The normalized spacial score (nSPS) is 18.5. The van der Waals surface area contributed by atoms with Gasteiger partial charge in [0.05, 0.1) is 18.5 Å². The van der Waals surface area contributed by atoms with Crippen LogP contribution in [0.4, 0.5) is 0 Å². The average molecular weight is 279 g/mol. The van der Waals surface area contributed by atoms with E-state index in [0.717, 1.165) is 11.3 Å². The Balaban J connectivity index is 1.84. The smallest absolute Gasteiger partial charge is 0.224 e. The number of amides is 1. The van der Waals surface area contributed by atoms with Crippen LogP contribution in [0.2, 0.25) is 5.02 Å². The minimum Gasteiger partial charge on any atom is -0.491 e. The molecule has 1 saturated heterocycles. The lowest BCUT2D eigenvalue weighted by Gasteiger charge is -2.16. The lowest BCUT2D eigenvalue weighted by Crippen LogP contribution is -2.29. The van der Waals surface area contributed by atoms with E-state index in [-0.39, 0.29) is 11.8 Å². The molecule has 19 heavy (non-hydrogen) atoms. The molecule has 0 bridgehead atoms. The van der Waals surface area contributed by atoms with Gasteiger partial charge < -0.3 is 9.64 Å². The monoisotopic (exact) mass is 278 g/mol. The molecule has 4 nitrogen and oxygen atoms in total. The van der Waals surface area contributed by atoms with E-state index in [9.17, 15) is 4.79 Å². The highest BCUT2D eigenvalue weighted by Gasteiger charge is 2.28. The van der Waals surface area contributed by atoms with Gasteiger partial charge in [0.1, 0.15) is 12.4 Å². The maximum absolute atomic E-state index is 11.6. The molecule has 0 radical (unpaired) electrons. The fraction of sp³-hybridized carbons (Fsp3) is 0.429. The summed E-state index contributed by atoms with van der Waals surface area (Å²) in [6.45, 7) is 3.37. The second-order valence-electron chi connectivity index (χ2n) is 4.63. The van der Waals surface area contributed by atoms with Crippen molar-refractivity contribution in [3.8, 4) is 11.8 Å². The van der Waals surface area contributed by atoms with Gasteiger partial charge in [-0.2, -0.15) is 5.26 Å². The summed E-state index contributed by atoms with van der Waals surface area (Å²) in [5.74, 6) is 0.626. The van der Waals surface area contributed by atoms with Crippen LogP contribution >= 0.6 is 11.6 Å². The molecule has 1 aliphatic rings. The molecule has 1 heterocycles. The maximum atomic E-state index is 11.6. The second kappa shape index (κ2) is 5.94. The molecule has 1 aromatic rings. The zero-order valence-electron chi connectivity index (χ0n) is 10.7. The summed E-state index contributed by atoms with van der Waals surface area (Å²) < 4.78 is 5.64. The summed E-state index contributed by atoms with van der Waals surface area (Å²) in [4.78, 5) is 13.3. The van der Waals surface area contributed by atoms with E-state index in [4.69, 9.17) is 21.6 Å². The van der Waals surface area contributed by atoms with Crippen LogP contribution in [0.15, 0.2) is 18.2 Å². The van der Waals surface area contributed by atoms with Crippen LogP contribution in [0.1, 0.15) is 12.0 Å². The van der Waals surface area contributed by atoms with Crippen LogP contribution in [0, 0.1) is 24.2 Å². The highest BCUT2D eigenvalue weighted by atomic mass is 35.5. The molecule has 1 atom stereocenters. The number of aryl methyl sites for hydroxylation is 1. The third kappa shape index (κ3) is 3.39. The molecule has 0 N–H and O–H groups in total. The highest BCUT2D eigenvalue weighted by Crippen LogP contribution is 2.22. The van der Waals surface area contributed by atoms with Gasteiger partial charge in [0.2, 0.25) is 5.91 Å². The van der Waals surface area contributed by atoms with E-state index in [1.165, 1.54) is 0 Å². The standard InChI is InChI=1S/C14H15ClN2O2/c1-10-6-12(15)2-3-13(10)19-5-4-17-9-11(8-16)7-14(17)18/h2-3,6,11H,4-5,7,9H2,1H3. The first-order chi connectivity index (χ1) is 9.10. The Morgan fingerprint density at radius 3 is 3.00 bits per heavy atom. The van der Waals surface area contributed by atoms with Crippen molar-refractivity contribution in [1.29, 1.82) is 5.26 Å². The number of carbonyl (C=O) groups is 1. The van der Waals surface area contributed by atoms with Crippen molar-refractivity contribution in [3.63, 3.8) is 0 Å². The van der Waals surface area contributed by atoms with Crippen molar-refractivity contribution in [2.24, 2.45) is 5.92 Å². The summed E-state index contributed by atoms with van der Waals surface area (Å²) in [6, 6.07) is 7.56. The highest BCUT2D eigenvalue weighted by molar-refractivity contribution is 6.30. The quantitative estimate of drug-likeness (QED) is 0.850. The van der Waals surface area contributed by atoms with Gasteiger partial charge in [-0.3, -0.25) is 4.79 Å². The molecular formula is C14H15ClN2O2. The van der Waals surface area contributed by atoms with E-state index in [1.807, 2.05) is 19.1 Å². The van der Waals surface area contributed by atoms with Gasteiger partial charge in [-0.25, -0.2) is 0 Å². The van der Waals surface area contributed by atoms with Crippen LogP contribution < -0.4 is 4.74 Å². The predicted octanol–water partition coefficient (Wildman–Crippen LogP) is 2.40. The maximum Gasteiger partial charge on any atom is 0.224 e. The first-order valence-electron chi connectivity index (χ1n) is 6.16. The minimum absolute atomic E-state index is 0.0305. The van der Waals surface area contributed by atoms with Gasteiger partial charge in [0, 0.05) is 18.0 Å². The van der Waals surface area contributed by atoms with Gasteiger partial charge in [0.25, 0.3) is 0 Å². The Morgan fingerprint density at radius 1 is 1.58 bits per heavy atom. The molecular weight excluding hydrogens is 264 g/mol. The third-order valence-corrected chi connectivity index (χ3v) is 3.39. The van der Waals surface area contributed by atoms with Crippen molar-refractivity contribution in [1.82, 2.24) is 4.90 Å². The van der Waals surface area contributed by atoms with E-state index < -0.39 is 0 Å². The lowest BCUT2D eigenvalue weighted by molar-refractivity contribution is -0.128. The van der Waals surface area contributed by atoms with Crippen LogP contribution in [-0.2, 0) is 4.79 Å². The molecule has 0 saturated carbocycles. The van der Waals surface area contributed by atoms with E-state index in [2.05, 4.69) is 6.07 Å². The Morgan fingerprint density at radius 2 is 2.37 bits per heavy atom. The topological polar surface area (TPSA) is 53.3 Å². The SMILES string of the molecule is Cc1cc(Cl)ccc1OCCN1CC(C#N)CC1=O. The van der Waals surface area contributed by atoms with Gasteiger partial charge >= 0.3 is 0 Å². The number of halogens is 1. The molecule has 2 rings (SSSR count). The first kappa shape index (κ1) is 13.7. The Hall–Kier alpha value is -1.73. The Labute approximate surface area is 117 Å². The molecule has 0 aromatic heterocycles. The molecule has 1 fully saturated rings. The molecule has 100 valence electrons. The Kier molecular flexibility index (Phi) is 4.28. The average Bonchev–Trinajstić information content (AvgIpc) is 2.73. The zero-order chi connectivity index (χ0) is 13.8. The van der Waals surface area contributed by atoms with Gasteiger partial charge in [-0.1, -0.05) is 11.6 Å². The Bertz CT molecular complexity index is 525.